The number of carbonyl (C=O) groups is 1. The number of fused-ring (bicyclic) bond motifs is 1. The van der Waals surface area contributed by atoms with Gasteiger partial charge in [-0.2, -0.15) is 0 Å². The summed E-state index contributed by atoms with van der Waals surface area (Å²) < 4.78 is 50.2. The fraction of sp³-hybridized carbons (Fsp3) is 0.438. The van der Waals surface area contributed by atoms with Crippen LogP contribution in [0, 0.1) is 11.6 Å². The van der Waals surface area contributed by atoms with Gasteiger partial charge in [-0.3, -0.25) is 4.79 Å². The maximum Gasteiger partial charge on any atom is 0.253 e. The molecule has 1 aromatic heterocycles. The third kappa shape index (κ3) is 4.94. The molecule has 1 amide bonds. The van der Waals surface area contributed by atoms with Gasteiger partial charge in [-0.25, -0.2) is 13.8 Å². The SMILES string of the molecule is O=C(N[C@@H]1CCOC1)c1cnc(OC2(CO)CC2)c(F)c1-c1c(Cl)c(F)cc2c1C[C@](c1ccccc1)([C@@H]1CCCN1)O2. The summed E-state index contributed by atoms with van der Waals surface area (Å²) in [5.74, 6) is -2.51. The molecule has 226 valence electrons. The Morgan fingerprint density at radius 2 is 2.02 bits per heavy atom. The van der Waals surface area contributed by atoms with E-state index in [0.717, 1.165) is 24.9 Å². The van der Waals surface area contributed by atoms with Crippen LogP contribution < -0.4 is 20.1 Å². The second-order valence-corrected chi connectivity index (χ2v) is 12.2. The number of nitrogens with zero attached hydrogens (tertiary/aromatic N) is 1. The van der Waals surface area contributed by atoms with Gasteiger partial charge < -0.3 is 30.0 Å². The first-order valence-electron chi connectivity index (χ1n) is 14.7. The Morgan fingerprint density at radius 3 is 2.70 bits per heavy atom. The van der Waals surface area contributed by atoms with Crippen LogP contribution in [0.4, 0.5) is 8.78 Å². The highest BCUT2D eigenvalue weighted by Gasteiger charge is 2.51. The number of halogens is 3. The molecule has 1 aliphatic carbocycles. The second kappa shape index (κ2) is 11.0. The summed E-state index contributed by atoms with van der Waals surface area (Å²) in [6.45, 7) is 1.32. The lowest BCUT2D eigenvalue weighted by Crippen LogP contribution is -2.48. The Morgan fingerprint density at radius 1 is 1.21 bits per heavy atom. The molecule has 4 heterocycles. The largest absolute Gasteiger partial charge is 0.480 e. The minimum atomic E-state index is -0.957. The lowest BCUT2D eigenvalue weighted by molar-refractivity contribution is 0.0539. The van der Waals surface area contributed by atoms with E-state index in [1.165, 1.54) is 12.3 Å². The zero-order valence-corrected chi connectivity index (χ0v) is 24.2. The van der Waals surface area contributed by atoms with E-state index in [4.69, 9.17) is 25.8 Å². The normalized spacial score (nSPS) is 25.3. The lowest BCUT2D eigenvalue weighted by Gasteiger charge is -2.35. The molecule has 8 nitrogen and oxygen atoms in total. The average molecular weight is 612 g/mol. The predicted octanol–water partition coefficient (Wildman–Crippen LogP) is 4.69. The van der Waals surface area contributed by atoms with E-state index >= 15 is 8.78 Å². The highest BCUT2D eigenvalue weighted by Crippen LogP contribution is 2.53. The van der Waals surface area contributed by atoms with Gasteiger partial charge in [0.1, 0.15) is 17.2 Å². The van der Waals surface area contributed by atoms with Gasteiger partial charge in [0.2, 0.25) is 0 Å². The summed E-state index contributed by atoms with van der Waals surface area (Å²) in [5.41, 5.74) is -0.776. The molecule has 43 heavy (non-hydrogen) atoms. The van der Waals surface area contributed by atoms with E-state index in [0.29, 0.717) is 38.0 Å². The maximum atomic E-state index is 16.7. The van der Waals surface area contributed by atoms with E-state index in [2.05, 4.69) is 15.6 Å². The molecule has 3 fully saturated rings. The molecule has 3 atom stereocenters. The molecule has 0 spiro atoms. The summed E-state index contributed by atoms with van der Waals surface area (Å²) in [6, 6.07) is 10.6. The van der Waals surface area contributed by atoms with Gasteiger partial charge in [-0.15, -0.1) is 0 Å². The fourth-order valence-corrected chi connectivity index (χ4v) is 6.79. The minimum absolute atomic E-state index is 0.0267. The molecule has 0 unspecified atom stereocenters. The number of hydrogen-bond donors (Lipinski definition) is 3. The number of benzene rings is 2. The number of hydrogen-bond acceptors (Lipinski definition) is 7. The van der Waals surface area contributed by atoms with Gasteiger partial charge in [-0.05, 0) is 44.2 Å². The van der Waals surface area contributed by atoms with E-state index in [1.807, 2.05) is 30.3 Å². The van der Waals surface area contributed by atoms with Crippen LogP contribution in [-0.4, -0.2) is 60.0 Å². The van der Waals surface area contributed by atoms with Crippen molar-refractivity contribution in [1.82, 2.24) is 15.6 Å². The Labute approximate surface area is 252 Å². The molecule has 4 aliphatic rings. The van der Waals surface area contributed by atoms with Crippen molar-refractivity contribution in [3.63, 3.8) is 0 Å². The monoisotopic (exact) mass is 611 g/mol. The Hall–Kier alpha value is -3.31. The number of aromatic nitrogens is 1. The summed E-state index contributed by atoms with van der Waals surface area (Å²) in [7, 11) is 0. The minimum Gasteiger partial charge on any atom is -0.480 e. The number of rotatable bonds is 8. The number of aliphatic hydroxyl groups excluding tert-OH is 1. The van der Waals surface area contributed by atoms with E-state index < -0.39 is 28.7 Å². The molecule has 0 radical (unpaired) electrons. The van der Waals surface area contributed by atoms with Crippen molar-refractivity contribution < 1.29 is 32.9 Å². The second-order valence-electron chi connectivity index (χ2n) is 11.9. The third-order valence-corrected chi connectivity index (χ3v) is 9.43. The number of amides is 1. The topological polar surface area (TPSA) is 102 Å². The van der Waals surface area contributed by atoms with Crippen molar-refractivity contribution in [2.75, 3.05) is 26.4 Å². The highest BCUT2D eigenvalue weighted by molar-refractivity contribution is 6.34. The van der Waals surface area contributed by atoms with Gasteiger partial charge in [-0.1, -0.05) is 41.9 Å². The molecule has 7 rings (SSSR count). The van der Waals surface area contributed by atoms with Gasteiger partial charge in [0.05, 0.1) is 35.9 Å². The number of pyridine rings is 1. The van der Waals surface area contributed by atoms with Gasteiger partial charge in [0, 0.05) is 42.0 Å². The molecule has 2 saturated heterocycles. The molecule has 3 N–H and O–H groups in total. The van der Waals surface area contributed by atoms with Crippen molar-refractivity contribution in [3.8, 4) is 22.8 Å². The van der Waals surface area contributed by atoms with Crippen LogP contribution in [0.25, 0.3) is 11.1 Å². The van der Waals surface area contributed by atoms with Crippen LogP contribution >= 0.6 is 11.6 Å². The van der Waals surface area contributed by atoms with Crippen LogP contribution in [0.3, 0.4) is 0 Å². The molecule has 11 heteroatoms. The van der Waals surface area contributed by atoms with Crippen molar-refractivity contribution in [3.05, 3.63) is 75.9 Å². The predicted molar refractivity (Wildman–Crippen MR) is 154 cm³/mol. The average Bonchev–Trinajstić information content (AvgIpc) is 3.42. The van der Waals surface area contributed by atoms with E-state index in [-0.39, 0.29) is 58.5 Å². The van der Waals surface area contributed by atoms with E-state index in [9.17, 15) is 9.90 Å². The standard InChI is InChI=1S/C32H32ClF2N3O5/c33-27-22(34)13-23-20(14-32(42-23,24-7-4-11-36-24)18-5-2-1-3-6-18)25(27)26-21(29(40)38-19-8-12-41-16-19)15-37-30(28(26)35)43-31(17-39)9-10-31/h1-3,5-6,13,15,19,24,36,39H,4,7-12,14,16-17H2,(H,38,40)/t19-,24+,32+/m1/s1. The molecule has 0 bridgehead atoms. The van der Waals surface area contributed by atoms with Crippen molar-refractivity contribution in [1.29, 1.82) is 0 Å². The summed E-state index contributed by atoms with van der Waals surface area (Å²) >= 11 is 6.69. The number of aliphatic hydroxyl groups is 1. The van der Waals surface area contributed by atoms with Gasteiger partial charge >= 0.3 is 0 Å². The third-order valence-electron chi connectivity index (χ3n) is 9.06. The zero-order chi connectivity index (χ0) is 29.8. The first-order valence-corrected chi connectivity index (χ1v) is 15.1. The van der Waals surface area contributed by atoms with Crippen LogP contribution in [0.2, 0.25) is 5.02 Å². The summed E-state index contributed by atoms with van der Waals surface area (Å²) in [4.78, 5) is 17.8. The first-order chi connectivity index (χ1) is 20.8. The van der Waals surface area contributed by atoms with Crippen LogP contribution in [0.1, 0.15) is 53.6 Å². The Bertz CT molecular complexity index is 1560. The van der Waals surface area contributed by atoms with Crippen LogP contribution in [0.5, 0.6) is 11.6 Å². The van der Waals surface area contributed by atoms with Crippen molar-refractivity contribution in [2.24, 2.45) is 0 Å². The van der Waals surface area contributed by atoms with E-state index in [1.54, 1.807) is 0 Å². The maximum absolute atomic E-state index is 16.7. The van der Waals surface area contributed by atoms with Gasteiger partial charge in [0.15, 0.2) is 11.4 Å². The Kier molecular flexibility index (Phi) is 7.28. The first kappa shape index (κ1) is 28.5. The number of ether oxygens (including phenoxy) is 3. The zero-order valence-electron chi connectivity index (χ0n) is 23.4. The molecular formula is C32H32ClF2N3O5. The van der Waals surface area contributed by atoms with Crippen LogP contribution in [0.15, 0.2) is 42.6 Å². The molecule has 3 aliphatic heterocycles. The fourth-order valence-electron chi connectivity index (χ4n) is 6.53. The number of nitrogens with one attached hydrogen (secondary N) is 2. The summed E-state index contributed by atoms with van der Waals surface area (Å²) in [6.07, 6.45) is 4.92. The smallest absolute Gasteiger partial charge is 0.253 e. The highest BCUT2D eigenvalue weighted by atomic mass is 35.5. The Balaban J connectivity index is 1.40. The molecule has 1 saturated carbocycles. The van der Waals surface area contributed by atoms with Crippen molar-refractivity contribution >= 4 is 17.5 Å². The van der Waals surface area contributed by atoms with Crippen molar-refractivity contribution in [2.45, 2.75) is 61.8 Å². The van der Waals surface area contributed by atoms with Gasteiger partial charge in [0.25, 0.3) is 11.8 Å². The molecular weight excluding hydrogens is 580 g/mol. The lowest BCUT2D eigenvalue weighted by atomic mass is 9.80. The number of carbonyl (C=O) groups excluding carboxylic acids is 1. The van der Waals surface area contributed by atoms with Crippen LogP contribution in [-0.2, 0) is 16.8 Å². The molecule has 2 aromatic carbocycles. The quantitative estimate of drug-likeness (QED) is 0.340. The summed E-state index contributed by atoms with van der Waals surface area (Å²) in [5, 5.41) is 15.9. The molecule has 3 aromatic rings.